The fourth-order valence-electron chi connectivity index (χ4n) is 4.24. The highest BCUT2D eigenvalue weighted by molar-refractivity contribution is 6.35. The fourth-order valence-corrected chi connectivity index (χ4v) is 4.76. The summed E-state index contributed by atoms with van der Waals surface area (Å²) in [7, 11) is 0. The average Bonchev–Trinajstić information content (AvgIpc) is 2.61. The van der Waals surface area contributed by atoms with E-state index in [1.807, 2.05) is 18.2 Å². The monoisotopic (exact) mass is 396 g/mol. The molecule has 0 spiro atoms. The van der Waals surface area contributed by atoms with Crippen molar-refractivity contribution in [2.75, 3.05) is 13.1 Å². The van der Waals surface area contributed by atoms with Crippen LogP contribution in [0.5, 0.6) is 0 Å². The summed E-state index contributed by atoms with van der Waals surface area (Å²) in [5.41, 5.74) is 0.969. The normalized spacial score (nSPS) is 23.2. The van der Waals surface area contributed by atoms with Crippen LogP contribution in [0.25, 0.3) is 0 Å². The molecule has 1 unspecified atom stereocenters. The van der Waals surface area contributed by atoms with E-state index >= 15 is 0 Å². The topological polar surface area (TPSA) is 32.3 Å². The van der Waals surface area contributed by atoms with Crippen LogP contribution < -0.4 is 5.32 Å². The van der Waals surface area contributed by atoms with Gasteiger partial charge in [0.2, 0.25) is 5.91 Å². The maximum absolute atomic E-state index is 12.8. The summed E-state index contributed by atoms with van der Waals surface area (Å²) in [6, 6.07) is 6.00. The van der Waals surface area contributed by atoms with Crippen LogP contribution >= 0.6 is 23.2 Å². The van der Waals surface area contributed by atoms with Gasteiger partial charge in [-0.25, -0.2) is 0 Å². The van der Waals surface area contributed by atoms with E-state index in [0.29, 0.717) is 22.6 Å². The summed E-state index contributed by atoms with van der Waals surface area (Å²) in [4.78, 5) is 15.1. The molecule has 0 bridgehead atoms. The molecule has 144 valence electrons. The summed E-state index contributed by atoms with van der Waals surface area (Å²) in [5.74, 6) is 0.320. The highest BCUT2D eigenvalue weighted by atomic mass is 35.5. The molecular weight excluding hydrogens is 367 g/mol. The molecule has 1 saturated carbocycles. The standard InChI is InChI=1S/C21H30Cl2N2O/c22-19-11-6-12-20(23)18(19)15-25-13-7-8-16(14-25)21(26)24-17-9-4-2-1-3-5-10-17/h6,11-12,16-17H,1-5,7-10,13-15H2,(H,24,26). The number of hydrogen-bond acceptors (Lipinski definition) is 2. The molecule has 1 saturated heterocycles. The zero-order valence-corrected chi connectivity index (χ0v) is 17.0. The van der Waals surface area contributed by atoms with Gasteiger partial charge in [-0.3, -0.25) is 9.69 Å². The molecule has 1 amide bonds. The maximum Gasteiger partial charge on any atom is 0.224 e. The van der Waals surface area contributed by atoms with Crippen molar-refractivity contribution in [3.05, 3.63) is 33.8 Å². The molecule has 1 aliphatic heterocycles. The van der Waals surface area contributed by atoms with Gasteiger partial charge >= 0.3 is 0 Å². The van der Waals surface area contributed by atoms with E-state index < -0.39 is 0 Å². The fraction of sp³-hybridized carbons (Fsp3) is 0.667. The van der Waals surface area contributed by atoms with Crippen LogP contribution in [0.1, 0.15) is 63.4 Å². The van der Waals surface area contributed by atoms with E-state index in [2.05, 4.69) is 10.2 Å². The second-order valence-corrected chi connectivity index (χ2v) is 8.64. The molecule has 1 N–H and O–H groups in total. The lowest BCUT2D eigenvalue weighted by Crippen LogP contribution is -2.45. The van der Waals surface area contributed by atoms with Gasteiger partial charge in [0.15, 0.2) is 0 Å². The minimum Gasteiger partial charge on any atom is -0.353 e. The van der Waals surface area contributed by atoms with Gasteiger partial charge in [0.05, 0.1) is 5.92 Å². The number of hydrogen-bond donors (Lipinski definition) is 1. The molecular formula is C21H30Cl2N2O. The molecule has 1 aromatic rings. The summed E-state index contributed by atoms with van der Waals surface area (Å²) in [5, 5.41) is 4.76. The average molecular weight is 397 g/mol. The first-order valence-electron chi connectivity index (χ1n) is 10.1. The molecule has 0 aromatic heterocycles. The number of nitrogens with one attached hydrogen (secondary N) is 1. The van der Waals surface area contributed by atoms with E-state index in [0.717, 1.165) is 44.3 Å². The summed E-state index contributed by atoms with van der Waals surface area (Å²) in [6.07, 6.45) is 10.7. The summed E-state index contributed by atoms with van der Waals surface area (Å²) < 4.78 is 0. The van der Waals surface area contributed by atoms with Crippen molar-refractivity contribution in [2.45, 2.75) is 70.4 Å². The first-order valence-corrected chi connectivity index (χ1v) is 10.8. The molecule has 2 aliphatic rings. The Hall–Kier alpha value is -0.770. The van der Waals surface area contributed by atoms with Crippen LogP contribution in [0.4, 0.5) is 0 Å². The molecule has 1 atom stereocenters. The number of nitrogens with zero attached hydrogens (tertiary/aromatic N) is 1. The molecule has 2 fully saturated rings. The third-order valence-electron chi connectivity index (χ3n) is 5.77. The number of amides is 1. The highest BCUT2D eigenvalue weighted by Crippen LogP contribution is 2.28. The number of halogens is 2. The Morgan fingerprint density at radius 1 is 1.00 bits per heavy atom. The number of carbonyl (C=O) groups is 1. The quantitative estimate of drug-likeness (QED) is 0.734. The zero-order valence-electron chi connectivity index (χ0n) is 15.5. The van der Waals surface area contributed by atoms with Gasteiger partial charge in [-0.05, 0) is 44.4 Å². The van der Waals surface area contributed by atoms with E-state index in [-0.39, 0.29) is 11.8 Å². The Morgan fingerprint density at radius 3 is 2.35 bits per heavy atom. The smallest absolute Gasteiger partial charge is 0.224 e. The largest absolute Gasteiger partial charge is 0.353 e. The third kappa shape index (κ3) is 5.61. The first kappa shape index (κ1) is 20.0. The van der Waals surface area contributed by atoms with Gasteiger partial charge < -0.3 is 5.32 Å². The van der Waals surface area contributed by atoms with Gasteiger partial charge in [0.1, 0.15) is 0 Å². The lowest BCUT2D eigenvalue weighted by molar-refractivity contribution is -0.127. The van der Waals surface area contributed by atoms with Crippen LogP contribution in [0.3, 0.4) is 0 Å². The number of carbonyl (C=O) groups excluding carboxylic acids is 1. The lowest BCUT2D eigenvalue weighted by atomic mass is 9.93. The van der Waals surface area contributed by atoms with Gasteiger partial charge in [0, 0.05) is 34.7 Å². The molecule has 1 aromatic carbocycles. The van der Waals surface area contributed by atoms with Gasteiger partial charge in [-0.1, -0.05) is 61.4 Å². The van der Waals surface area contributed by atoms with Gasteiger partial charge in [-0.15, -0.1) is 0 Å². The van der Waals surface area contributed by atoms with Crippen molar-refractivity contribution >= 4 is 29.1 Å². The molecule has 5 heteroatoms. The van der Waals surface area contributed by atoms with Crippen molar-refractivity contribution in [3.63, 3.8) is 0 Å². The predicted octanol–water partition coefficient (Wildman–Crippen LogP) is 5.43. The van der Waals surface area contributed by atoms with Crippen molar-refractivity contribution in [1.29, 1.82) is 0 Å². The second-order valence-electron chi connectivity index (χ2n) is 7.83. The Morgan fingerprint density at radius 2 is 1.65 bits per heavy atom. The van der Waals surface area contributed by atoms with Crippen molar-refractivity contribution in [1.82, 2.24) is 10.2 Å². The lowest BCUT2D eigenvalue weighted by Gasteiger charge is -2.33. The minimum atomic E-state index is 0.0791. The Kier molecular flexibility index (Phi) is 7.65. The minimum absolute atomic E-state index is 0.0791. The van der Waals surface area contributed by atoms with Crippen LogP contribution in [-0.4, -0.2) is 29.9 Å². The molecule has 3 nitrogen and oxygen atoms in total. The van der Waals surface area contributed by atoms with Gasteiger partial charge in [-0.2, -0.15) is 0 Å². The summed E-state index contributed by atoms with van der Waals surface area (Å²) in [6.45, 7) is 2.50. The maximum atomic E-state index is 12.8. The number of piperidine rings is 1. The Labute approximate surface area is 167 Å². The Balaban J connectivity index is 1.54. The van der Waals surface area contributed by atoms with E-state index in [4.69, 9.17) is 23.2 Å². The molecule has 3 rings (SSSR count). The second kappa shape index (κ2) is 9.96. The first-order chi connectivity index (χ1) is 12.6. The van der Waals surface area contributed by atoms with Crippen LogP contribution in [0.2, 0.25) is 10.0 Å². The zero-order chi connectivity index (χ0) is 18.4. The molecule has 26 heavy (non-hydrogen) atoms. The van der Waals surface area contributed by atoms with E-state index in [9.17, 15) is 4.79 Å². The summed E-state index contributed by atoms with van der Waals surface area (Å²) >= 11 is 12.6. The SMILES string of the molecule is O=C(NC1CCCCCCC1)C1CCCN(Cc2c(Cl)cccc2Cl)C1. The molecule has 0 radical (unpaired) electrons. The van der Waals surface area contributed by atoms with Crippen molar-refractivity contribution in [3.8, 4) is 0 Å². The van der Waals surface area contributed by atoms with E-state index in [1.165, 1.54) is 32.1 Å². The molecule has 1 heterocycles. The number of rotatable bonds is 4. The van der Waals surface area contributed by atoms with E-state index in [1.54, 1.807) is 0 Å². The van der Waals surface area contributed by atoms with Crippen molar-refractivity contribution < 1.29 is 4.79 Å². The van der Waals surface area contributed by atoms with Crippen LogP contribution in [-0.2, 0) is 11.3 Å². The van der Waals surface area contributed by atoms with Gasteiger partial charge in [0.25, 0.3) is 0 Å². The highest BCUT2D eigenvalue weighted by Gasteiger charge is 2.28. The Bertz CT molecular complexity index is 579. The predicted molar refractivity (Wildman–Crippen MR) is 109 cm³/mol. The van der Waals surface area contributed by atoms with Crippen LogP contribution in [0, 0.1) is 5.92 Å². The number of benzene rings is 1. The molecule has 1 aliphatic carbocycles. The van der Waals surface area contributed by atoms with Crippen molar-refractivity contribution in [2.24, 2.45) is 5.92 Å². The third-order valence-corrected chi connectivity index (χ3v) is 6.48. The number of likely N-dealkylation sites (tertiary alicyclic amines) is 1. The van der Waals surface area contributed by atoms with Crippen LogP contribution in [0.15, 0.2) is 18.2 Å².